The first-order valence-corrected chi connectivity index (χ1v) is 12.6. The standard InChI is InChI=1S/C30H30N2O7/c1-5-38-25-17-18(6-13-24(25)37-4)27-26(28(33)19-7-12-23-22(16-19)31(2)14-15-39-23)29(34)30(35)32(27)20-8-10-21(36-3)11-9-20/h6-13,16-17,27,33H,5,14-15H2,1-4H3/b28-26+. The summed E-state index contributed by atoms with van der Waals surface area (Å²) < 4.78 is 22.2. The van der Waals surface area contributed by atoms with E-state index in [4.69, 9.17) is 18.9 Å². The molecular weight excluding hydrogens is 500 g/mol. The van der Waals surface area contributed by atoms with Crippen molar-refractivity contribution in [1.82, 2.24) is 0 Å². The van der Waals surface area contributed by atoms with Gasteiger partial charge in [-0.3, -0.25) is 14.5 Å². The van der Waals surface area contributed by atoms with Crippen LogP contribution in [0.25, 0.3) is 5.76 Å². The highest BCUT2D eigenvalue weighted by atomic mass is 16.5. The van der Waals surface area contributed by atoms with Crippen LogP contribution in [0.2, 0.25) is 0 Å². The van der Waals surface area contributed by atoms with Crippen molar-refractivity contribution >= 4 is 28.8 Å². The predicted octanol–water partition coefficient (Wildman–Crippen LogP) is 4.56. The quantitative estimate of drug-likeness (QED) is 0.270. The normalized spacial score (nSPS) is 18.0. The maximum atomic E-state index is 13.6. The van der Waals surface area contributed by atoms with Crippen LogP contribution in [0.1, 0.15) is 24.1 Å². The number of likely N-dealkylation sites (N-methyl/N-ethyl adjacent to an activating group) is 1. The van der Waals surface area contributed by atoms with Crippen molar-refractivity contribution in [3.8, 4) is 23.0 Å². The zero-order chi connectivity index (χ0) is 27.7. The van der Waals surface area contributed by atoms with E-state index in [0.29, 0.717) is 59.6 Å². The van der Waals surface area contributed by atoms with Gasteiger partial charge in [-0.2, -0.15) is 0 Å². The van der Waals surface area contributed by atoms with Gasteiger partial charge in [-0.1, -0.05) is 6.07 Å². The molecule has 2 aliphatic rings. The van der Waals surface area contributed by atoms with Crippen LogP contribution in [0, 0.1) is 0 Å². The lowest BCUT2D eigenvalue weighted by Crippen LogP contribution is -2.29. The molecular formula is C30H30N2O7. The number of rotatable bonds is 7. The molecule has 3 aromatic rings. The summed E-state index contributed by atoms with van der Waals surface area (Å²) in [4.78, 5) is 30.5. The van der Waals surface area contributed by atoms with Crippen molar-refractivity contribution in [2.75, 3.05) is 50.8 Å². The molecule has 3 aromatic carbocycles. The molecule has 9 nitrogen and oxygen atoms in total. The average molecular weight is 531 g/mol. The fourth-order valence-electron chi connectivity index (χ4n) is 4.94. The molecule has 0 aliphatic carbocycles. The van der Waals surface area contributed by atoms with Crippen LogP contribution in [-0.4, -0.2) is 57.8 Å². The van der Waals surface area contributed by atoms with Gasteiger partial charge in [-0.05, 0) is 67.1 Å². The number of nitrogens with zero attached hydrogens (tertiary/aromatic N) is 2. The van der Waals surface area contributed by atoms with Crippen LogP contribution in [0.5, 0.6) is 23.0 Å². The second-order valence-electron chi connectivity index (χ2n) is 9.16. The molecule has 1 saturated heterocycles. The van der Waals surface area contributed by atoms with E-state index in [1.54, 1.807) is 67.8 Å². The van der Waals surface area contributed by atoms with Crippen LogP contribution < -0.4 is 28.7 Å². The third-order valence-corrected chi connectivity index (χ3v) is 6.93. The van der Waals surface area contributed by atoms with Gasteiger partial charge < -0.3 is 29.0 Å². The van der Waals surface area contributed by atoms with Gasteiger partial charge >= 0.3 is 0 Å². The van der Waals surface area contributed by atoms with Crippen LogP contribution in [0.15, 0.2) is 66.2 Å². The monoisotopic (exact) mass is 530 g/mol. The molecule has 202 valence electrons. The summed E-state index contributed by atoms with van der Waals surface area (Å²) in [5.41, 5.74) is 2.22. The first-order chi connectivity index (χ1) is 18.9. The van der Waals surface area contributed by atoms with Crippen molar-refractivity contribution in [3.05, 3.63) is 77.4 Å². The molecule has 1 N–H and O–H groups in total. The summed E-state index contributed by atoms with van der Waals surface area (Å²) in [5.74, 6) is 0.459. The van der Waals surface area contributed by atoms with E-state index in [9.17, 15) is 14.7 Å². The summed E-state index contributed by atoms with van der Waals surface area (Å²) in [6.07, 6.45) is 0. The molecule has 2 heterocycles. The number of carbonyl (C=O) groups is 2. The minimum Gasteiger partial charge on any atom is -0.507 e. The van der Waals surface area contributed by atoms with Gasteiger partial charge in [0.2, 0.25) is 0 Å². The Morgan fingerprint density at radius 2 is 1.77 bits per heavy atom. The highest BCUT2D eigenvalue weighted by Gasteiger charge is 2.47. The van der Waals surface area contributed by atoms with E-state index < -0.39 is 17.7 Å². The number of ether oxygens (including phenoxy) is 4. The topological polar surface area (TPSA) is 97.8 Å². The lowest BCUT2D eigenvalue weighted by Gasteiger charge is -2.28. The largest absolute Gasteiger partial charge is 0.507 e. The van der Waals surface area contributed by atoms with Gasteiger partial charge in [0.1, 0.15) is 23.9 Å². The zero-order valence-corrected chi connectivity index (χ0v) is 22.3. The zero-order valence-electron chi connectivity index (χ0n) is 22.3. The molecule has 0 bridgehead atoms. The smallest absolute Gasteiger partial charge is 0.300 e. The maximum Gasteiger partial charge on any atom is 0.300 e. The fraction of sp³-hybridized carbons (Fsp3) is 0.267. The van der Waals surface area contributed by atoms with Crippen molar-refractivity contribution in [2.24, 2.45) is 0 Å². The van der Waals surface area contributed by atoms with E-state index in [1.807, 2.05) is 18.9 Å². The lowest BCUT2D eigenvalue weighted by atomic mass is 9.94. The third kappa shape index (κ3) is 4.60. The Morgan fingerprint density at radius 3 is 2.46 bits per heavy atom. The van der Waals surface area contributed by atoms with Crippen LogP contribution >= 0.6 is 0 Å². The summed E-state index contributed by atoms with van der Waals surface area (Å²) in [6.45, 7) is 3.49. The van der Waals surface area contributed by atoms with Gasteiger partial charge in [0.25, 0.3) is 11.7 Å². The number of methoxy groups -OCH3 is 2. The van der Waals surface area contributed by atoms with E-state index >= 15 is 0 Å². The number of amides is 1. The molecule has 2 aliphatic heterocycles. The van der Waals surface area contributed by atoms with E-state index in [1.165, 1.54) is 12.0 Å². The summed E-state index contributed by atoms with van der Waals surface area (Å²) >= 11 is 0. The molecule has 39 heavy (non-hydrogen) atoms. The molecule has 0 saturated carbocycles. The summed E-state index contributed by atoms with van der Waals surface area (Å²) in [5, 5.41) is 11.6. The number of aliphatic hydroxyl groups is 1. The Kier molecular flexibility index (Phi) is 7.06. The molecule has 0 radical (unpaired) electrons. The second-order valence-corrected chi connectivity index (χ2v) is 9.16. The van der Waals surface area contributed by atoms with Crippen molar-refractivity contribution in [3.63, 3.8) is 0 Å². The number of carbonyl (C=O) groups excluding carboxylic acids is 2. The molecule has 1 amide bonds. The molecule has 9 heteroatoms. The van der Waals surface area contributed by atoms with Crippen LogP contribution in [-0.2, 0) is 9.59 Å². The van der Waals surface area contributed by atoms with E-state index in [-0.39, 0.29) is 11.3 Å². The van der Waals surface area contributed by atoms with E-state index in [0.717, 1.165) is 5.69 Å². The Bertz CT molecular complexity index is 1450. The molecule has 1 fully saturated rings. The number of hydrogen-bond acceptors (Lipinski definition) is 8. The number of hydrogen-bond donors (Lipinski definition) is 1. The molecule has 0 spiro atoms. The predicted molar refractivity (Wildman–Crippen MR) is 147 cm³/mol. The van der Waals surface area contributed by atoms with Crippen LogP contribution in [0.3, 0.4) is 0 Å². The van der Waals surface area contributed by atoms with Gasteiger partial charge in [-0.15, -0.1) is 0 Å². The number of anilines is 2. The van der Waals surface area contributed by atoms with E-state index in [2.05, 4.69) is 0 Å². The molecule has 1 unspecified atom stereocenters. The van der Waals surface area contributed by atoms with Gasteiger partial charge in [-0.25, -0.2) is 0 Å². The first kappa shape index (κ1) is 26.0. The minimum absolute atomic E-state index is 0.0252. The highest BCUT2D eigenvalue weighted by molar-refractivity contribution is 6.51. The number of benzene rings is 3. The molecule has 1 atom stereocenters. The summed E-state index contributed by atoms with van der Waals surface area (Å²) in [6, 6.07) is 16.3. The Labute approximate surface area is 226 Å². The molecule has 5 rings (SSSR count). The Morgan fingerprint density at radius 1 is 1.00 bits per heavy atom. The Balaban J connectivity index is 1.70. The Hall–Kier alpha value is -4.66. The number of ketones is 1. The second kappa shape index (κ2) is 10.6. The summed E-state index contributed by atoms with van der Waals surface area (Å²) in [7, 11) is 5.02. The van der Waals surface area contributed by atoms with Gasteiger partial charge in [0, 0.05) is 18.3 Å². The number of Topliss-reactive ketones (excluding diaryl/α,β-unsaturated/α-hetero) is 1. The SMILES string of the molecule is CCOc1cc(C2/C(=C(\O)c3ccc4c(c3)N(C)CCO4)C(=O)C(=O)N2c2ccc(OC)cc2)ccc1OC. The van der Waals surface area contributed by atoms with Crippen molar-refractivity contribution < 1.29 is 33.6 Å². The van der Waals surface area contributed by atoms with Gasteiger partial charge in [0.15, 0.2) is 11.5 Å². The number of fused-ring (bicyclic) bond motifs is 1. The maximum absolute atomic E-state index is 13.6. The number of aliphatic hydroxyl groups excluding tert-OH is 1. The minimum atomic E-state index is -0.923. The van der Waals surface area contributed by atoms with Crippen molar-refractivity contribution in [1.29, 1.82) is 0 Å². The van der Waals surface area contributed by atoms with Crippen LogP contribution in [0.4, 0.5) is 11.4 Å². The van der Waals surface area contributed by atoms with Crippen molar-refractivity contribution in [2.45, 2.75) is 13.0 Å². The highest BCUT2D eigenvalue weighted by Crippen LogP contribution is 2.45. The average Bonchev–Trinajstić information content (AvgIpc) is 3.22. The first-order valence-electron chi connectivity index (χ1n) is 12.6. The lowest BCUT2D eigenvalue weighted by molar-refractivity contribution is -0.132. The third-order valence-electron chi connectivity index (χ3n) is 6.93. The van der Waals surface area contributed by atoms with Gasteiger partial charge in [0.05, 0.1) is 44.7 Å². The molecule has 0 aromatic heterocycles. The fourth-order valence-corrected chi connectivity index (χ4v) is 4.94.